The molecule has 0 spiro atoms. The Bertz CT molecular complexity index is 641. The number of aromatic nitrogens is 1. The van der Waals surface area contributed by atoms with Crippen LogP contribution < -0.4 is 10.9 Å². The van der Waals surface area contributed by atoms with E-state index < -0.39 is 0 Å². The van der Waals surface area contributed by atoms with Crippen LogP contribution in [0.5, 0.6) is 0 Å². The van der Waals surface area contributed by atoms with Crippen molar-refractivity contribution in [1.29, 1.82) is 0 Å². The van der Waals surface area contributed by atoms with Crippen LogP contribution in [0, 0.1) is 5.41 Å². The lowest BCUT2D eigenvalue weighted by molar-refractivity contribution is 0.235. The predicted octanol–water partition coefficient (Wildman–Crippen LogP) is 2.74. The lowest BCUT2D eigenvalue weighted by Gasteiger charge is -2.31. The molecule has 0 saturated heterocycles. The molecule has 1 unspecified atom stereocenters. The summed E-state index contributed by atoms with van der Waals surface area (Å²) < 4.78 is 0. The van der Waals surface area contributed by atoms with E-state index in [1.54, 1.807) is 0 Å². The summed E-state index contributed by atoms with van der Waals surface area (Å²) >= 11 is 0. The Morgan fingerprint density at radius 2 is 2.00 bits per heavy atom. The molecule has 4 nitrogen and oxygen atoms in total. The summed E-state index contributed by atoms with van der Waals surface area (Å²) in [6.45, 7) is 6.45. The Morgan fingerprint density at radius 1 is 1.30 bits per heavy atom. The van der Waals surface area contributed by atoms with Crippen molar-refractivity contribution >= 4 is 16.6 Å². The Balaban J connectivity index is 2.35. The maximum atomic E-state index is 12.0. The summed E-state index contributed by atoms with van der Waals surface area (Å²) in [7, 11) is 0. The van der Waals surface area contributed by atoms with Gasteiger partial charge in [-0.1, -0.05) is 39.0 Å². The van der Waals surface area contributed by atoms with Crippen LogP contribution in [-0.4, -0.2) is 22.7 Å². The summed E-state index contributed by atoms with van der Waals surface area (Å²) in [5.74, 6) is 0.696. The van der Waals surface area contributed by atoms with Crippen LogP contribution in [0.1, 0.15) is 27.2 Å². The largest absolute Gasteiger partial charge is 0.396 e. The zero-order chi connectivity index (χ0) is 14.8. The van der Waals surface area contributed by atoms with Gasteiger partial charge >= 0.3 is 0 Å². The van der Waals surface area contributed by atoms with Crippen LogP contribution in [0.4, 0.5) is 5.82 Å². The minimum Gasteiger partial charge on any atom is -0.396 e. The molecule has 2 aromatic rings. The van der Waals surface area contributed by atoms with E-state index in [1.165, 1.54) is 0 Å². The number of aromatic amines is 1. The molecule has 1 aromatic carbocycles. The second kappa shape index (κ2) is 5.67. The zero-order valence-electron chi connectivity index (χ0n) is 12.2. The van der Waals surface area contributed by atoms with Gasteiger partial charge in [0.1, 0.15) is 5.82 Å². The molecular weight excluding hydrogens is 252 g/mol. The van der Waals surface area contributed by atoms with Crippen molar-refractivity contribution in [3.05, 3.63) is 40.7 Å². The number of H-pyrrole nitrogens is 1. The summed E-state index contributed by atoms with van der Waals surface area (Å²) in [6.07, 6.45) is 0.637. The van der Waals surface area contributed by atoms with Crippen molar-refractivity contribution in [2.45, 2.75) is 33.2 Å². The lowest BCUT2D eigenvalue weighted by Crippen LogP contribution is -2.35. The maximum absolute atomic E-state index is 12.0. The molecule has 0 aliphatic rings. The topological polar surface area (TPSA) is 65.1 Å². The van der Waals surface area contributed by atoms with Crippen molar-refractivity contribution in [1.82, 2.24) is 4.98 Å². The van der Waals surface area contributed by atoms with Gasteiger partial charge in [-0.15, -0.1) is 0 Å². The average molecular weight is 274 g/mol. The van der Waals surface area contributed by atoms with Gasteiger partial charge in [0.2, 0.25) is 0 Å². The Labute approximate surface area is 118 Å². The number of nitrogens with one attached hydrogen (secondary N) is 2. The number of pyridine rings is 1. The molecule has 0 aliphatic carbocycles. The Kier molecular flexibility index (Phi) is 4.14. The number of hydrogen-bond donors (Lipinski definition) is 3. The first kappa shape index (κ1) is 14.6. The summed E-state index contributed by atoms with van der Waals surface area (Å²) in [6, 6.07) is 9.53. The molecule has 0 radical (unpaired) electrons. The third-order valence-electron chi connectivity index (χ3n) is 3.55. The highest BCUT2D eigenvalue weighted by Gasteiger charge is 2.24. The van der Waals surface area contributed by atoms with E-state index in [2.05, 4.69) is 31.1 Å². The van der Waals surface area contributed by atoms with Gasteiger partial charge in [0.05, 0.1) is 0 Å². The normalized spacial score (nSPS) is 13.4. The molecule has 1 aromatic heterocycles. The fourth-order valence-corrected chi connectivity index (χ4v) is 2.33. The SMILES string of the molecule is CC(C)(C)C(CCO)Nc1cc2ccccc2c(=O)[nH]1. The van der Waals surface area contributed by atoms with E-state index >= 15 is 0 Å². The minimum absolute atomic E-state index is 0.00867. The molecular formula is C16H22N2O2. The predicted molar refractivity (Wildman–Crippen MR) is 83.1 cm³/mol. The first-order valence-electron chi connectivity index (χ1n) is 6.91. The number of aliphatic hydroxyl groups excluding tert-OH is 1. The highest BCUT2D eigenvalue weighted by Crippen LogP contribution is 2.25. The number of fused-ring (bicyclic) bond motifs is 1. The number of rotatable bonds is 4. The molecule has 0 amide bonds. The monoisotopic (exact) mass is 274 g/mol. The number of anilines is 1. The fraction of sp³-hybridized carbons (Fsp3) is 0.438. The van der Waals surface area contributed by atoms with E-state index in [4.69, 9.17) is 0 Å². The van der Waals surface area contributed by atoms with Crippen LogP contribution in [0.2, 0.25) is 0 Å². The third kappa shape index (κ3) is 3.20. The number of hydrogen-bond acceptors (Lipinski definition) is 3. The highest BCUT2D eigenvalue weighted by atomic mass is 16.3. The molecule has 0 saturated carbocycles. The zero-order valence-corrected chi connectivity index (χ0v) is 12.2. The van der Waals surface area contributed by atoms with Crippen molar-refractivity contribution < 1.29 is 5.11 Å². The maximum Gasteiger partial charge on any atom is 0.257 e. The van der Waals surface area contributed by atoms with E-state index in [9.17, 15) is 9.90 Å². The summed E-state index contributed by atoms with van der Waals surface area (Å²) in [4.78, 5) is 14.9. The van der Waals surface area contributed by atoms with E-state index in [0.29, 0.717) is 17.6 Å². The molecule has 1 atom stereocenters. The summed E-state index contributed by atoms with van der Waals surface area (Å²) in [5.41, 5.74) is -0.104. The molecule has 0 bridgehead atoms. The minimum atomic E-state index is -0.0951. The Hall–Kier alpha value is -1.81. The molecule has 0 fully saturated rings. The van der Waals surface area contributed by atoms with Crippen molar-refractivity contribution in [3.8, 4) is 0 Å². The lowest BCUT2D eigenvalue weighted by atomic mass is 9.85. The molecule has 2 rings (SSSR count). The van der Waals surface area contributed by atoms with E-state index in [0.717, 1.165) is 5.39 Å². The van der Waals surface area contributed by atoms with E-state index in [-0.39, 0.29) is 23.6 Å². The second-order valence-corrected chi connectivity index (χ2v) is 6.17. The van der Waals surface area contributed by atoms with Gasteiger partial charge in [0.25, 0.3) is 5.56 Å². The van der Waals surface area contributed by atoms with Gasteiger partial charge in [0.15, 0.2) is 0 Å². The van der Waals surface area contributed by atoms with Crippen LogP contribution >= 0.6 is 0 Å². The summed E-state index contributed by atoms with van der Waals surface area (Å²) in [5, 5.41) is 14.1. The van der Waals surface area contributed by atoms with Crippen molar-refractivity contribution in [2.75, 3.05) is 11.9 Å². The van der Waals surface area contributed by atoms with Gasteiger partial charge in [-0.2, -0.15) is 0 Å². The standard InChI is InChI=1S/C16H22N2O2/c1-16(2,3)13(8-9-19)17-14-10-11-6-4-5-7-12(11)15(20)18-14/h4-7,10,13,19H,8-9H2,1-3H3,(H2,17,18,20). The quantitative estimate of drug-likeness (QED) is 0.803. The average Bonchev–Trinajstić information content (AvgIpc) is 2.37. The molecule has 1 heterocycles. The van der Waals surface area contributed by atoms with Crippen molar-refractivity contribution in [3.63, 3.8) is 0 Å². The van der Waals surface area contributed by atoms with Crippen LogP contribution in [-0.2, 0) is 0 Å². The van der Waals surface area contributed by atoms with Gasteiger partial charge in [-0.05, 0) is 29.4 Å². The molecule has 4 heteroatoms. The van der Waals surface area contributed by atoms with Gasteiger partial charge in [0, 0.05) is 18.0 Å². The van der Waals surface area contributed by atoms with E-state index in [1.807, 2.05) is 30.3 Å². The molecule has 20 heavy (non-hydrogen) atoms. The first-order chi connectivity index (χ1) is 9.41. The highest BCUT2D eigenvalue weighted by molar-refractivity contribution is 5.83. The fourth-order valence-electron chi connectivity index (χ4n) is 2.33. The van der Waals surface area contributed by atoms with Crippen LogP contribution in [0.15, 0.2) is 35.1 Å². The molecule has 3 N–H and O–H groups in total. The molecule has 108 valence electrons. The van der Waals surface area contributed by atoms with Gasteiger partial charge in [-0.25, -0.2) is 0 Å². The van der Waals surface area contributed by atoms with Crippen LogP contribution in [0.25, 0.3) is 10.8 Å². The Morgan fingerprint density at radius 3 is 2.65 bits per heavy atom. The van der Waals surface area contributed by atoms with Gasteiger partial charge < -0.3 is 15.4 Å². The van der Waals surface area contributed by atoms with Gasteiger partial charge in [-0.3, -0.25) is 4.79 Å². The first-order valence-corrected chi connectivity index (χ1v) is 6.91. The van der Waals surface area contributed by atoms with Crippen molar-refractivity contribution in [2.24, 2.45) is 5.41 Å². The number of benzene rings is 1. The number of aliphatic hydroxyl groups is 1. The third-order valence-corrected chi connectivity index (χ3v) is 3.55. The molecule has 0 aliphatic heterocycles. The second-order valence-electron chi connectivity index (χ2n) is 6.17. The van der Waals surface area contributed by atoms with Crippen LogP contribution in [0.3, 0.4) is 0 Å². The smallest absolute Gasteiger partial charge is 0.257 e.